The van der Waals surface area contributed by atoms with Crippen molar-refractivity contribution in [3.8, 4) is 0 Å². The van der Waals surface area contributed by atoms with Crippen LogP contribution in [0, 0.1) is 0 Å². The Morgan fingerprint density at radius 3 is 2.09 bits per heavy atom. The van der Waals surface area contributed by atoms with Gasteiger partial charge in [0.05, 0.1) is 10.6 Å². The zero-order chi connectivity index (χ0) is 31.9. The predicted octanol–water partition coefficient (Wildman–Crippen LogP) is 7.27. The van der Waals surface area contributed by atoms with Crippen LogP contribution in [0.25, 0.3) is 0 Å². The maximum Gasteiger partial charge on any atom is 0.264 e. The molecule has 1 N–H and O–H groups in total. The van der Waals surface area contributed by atoms with Gasteiger partial charge in [-0.25, -0.2) is 8.42 Å². The molecule has 44 heavy (non-hydrogen) atoms. The van der Waals surface area contributed by atoms with E-state index < -0.39 is 34.4 Å². The van der Waals surface area contributed by atoms with Crippen molar-refractivity contribution < 1.29 is 18.0 Å². The summed E-state index contributed by atoms with van der Waals surface area (Å²) in [7, 11) is -4.29. The minimum atomic E-state index is -4.29. The van der Waals surface area contributed by atoms with Crippen molar-refractivity contribution in [2.24, 2.45) is 0 Å². The van der Waals surface area contributed by atoms with Gasteiger partial charge in [0.2, 0.25) is 11.8 Å². The van der Waals surface area contributed by atoms with E-state index in [1.165, 1.54) is 41.3 Å². The Balaban J connectivity index is 1.82. The molecule has 0 bridgehead atoms. The molecule has 0 aliphatic carbocycles. The summed E-state index contributed by atoms with van der Waals surface area (Å²) in [6.45, 7) is 1.38. The van der Waals surface area contributed by atoms with Gasteiger partial charge in [0.15, 0.2) is 0 Å². The van der Waals surface area contributed by atoms with E-state index >= 15 is 0 Å². The van der Waals surface area contributed by atoms with Crippen LogP contribution in [-0.2, 0) is 32.6 Å². The molecule has 0 spiro atoms. The number of amides is 2. The molecule has 12 heteroatoms. The van der Waals surface area contributed by atoms with Gasteiger partial charge in [0.25, 0.3) is 10.0 Å². The number of nitrogens with one attached hydrogen (secondary N) is 1. The first-order chi connectivity index (χ1) is 21.0. The molecule has 0 aliphatic rings. The molecular formula is C32H29Cl4N3O4S. The number of hydrogen-bond donors (Lipinski definition) is 1. The van der Waals surface area contributed by atoms with Crippen molar-refractivity contribution in [1.29, 1.82) is 0 Å². The van der Waals surface area contributed by atoms with Crippen molar-refractivity contribution in [3.05, 3.63) is 128 Å². The first-order valence-electron chi connectivity index (χ1n) is 13.6. The Morgan fingerprint density at radius 2 is 1.45 bits per heavy atom. The van der Waals surface area contributed by atoms with Crippen LogP contribution >= 0.6 is 46.4 Å². The van der Waals surface area contributed by atoms with E-state index in [9.17, 15) is 18.0 Å². The van der Waals surface area contributed by atoms with Gasteiger partial charge in [-0.3, -0.25) is 13.9 Å². The Kier molecular flexibility index (Phi) is 11.6. The summed E-state index contributed by atoms with van der Waals surface area (Å²) in [5.41, 5.74) is 1.51. The molecule has 0 aromatic heterocycles. The lowest BCUT2D eigenvalue weighted by molar-refractivity contribution is -0.140. The molecule has 0 unspecified atom stereocenters. The second-order valence-corrected chi connectivity index (χ2v) is 13.4. The minimum absolute atomic E-state index is 0.0773. The molecule has 0 fully saturated rings. The van der Waals surface area contributed by atoms with E-state index in [0.717, 1.165) is 9.87 Å². The third-order valence-corrected chi connectivity index (χ3v) is 9.62. The van der Waals surface area contributed by atoms with Crippen LogP contribution < -0.4 is 9.62 Å². The number of carbonyl (C=O) groups excluding carboxylic acids is 2. The Bertz CT molecular complexity index is 1720. The third-order valence-electron chi connectivity index (χ3n) is 6.75. The number of nitrogens with zero attached hydrogens (tertiary/aromatic N) is 2. The van der Waals surface area contributed by atoms with Gasteiger partial charge in [-0.05, 0) is 72.6 Å². The van der Waals surface area contributed by atoms with Crippen molar-refractivity contribution in [2.45, 2.75) is 30.8 Å². The first-order valence-corrected chi connectivity index (χ1v) is 16.5. The van der Waals surface area contributed by atoms with Crippen LogP contribution in [0.5, 0.6) is 0 Å². The molecule has 1 atom stereocenters. The summed E-state index contributed by atoms with van der Waals surface area (Å²) in [6, 6.07) is 24.9. The molecular weight excluding hydrogens is 664 g/mol. The number of sulfonamides is 1. The number of anilines is 1. The number of likely N-dealkylation sites (N-methyl/N-ethyl adjacent to an activating group) is 1. The van der Waals surface area contributed by atoms with Gasteiger partial charge < -0.3 is 10.2 Å². The highest BCUT2D eigenvalue weighted by atomic mass is 35.5. The molecule has 0 aliphatic heterocycles. The molecule has 0 heterocycles. The number of halogens is 4. The number of hydrogen-bond acceptors (Lipinski definition) is 4. The van der Waals surface area contributed by atoms with E-state index in [-0.39, 0.29) is 28.6 Å². The van der Waals surface area contributed by atoms with Crippen LogP contribution in [0.2, 0.25) is 20.1 Å². The van der Waals surface area contributed by atoms with Crippen molar-refractivity contribution in [3.63, 3.8) is 0 Å². The maximum atomic E-state index is 14.4. The van der Waals surface area contributed by atoms with Crippen molar-refractivity contribution >= 4 is 73.9 Å². The summed E-state index contributed by atoms with van der Waals surface area (Å²) < 4.78 is 29.0. The van der Waals surface area contributed by atoms with Crippen LogP contribution in [0.4, 0.5) is 5.69 Å². The quantitative estimate of drug-likeness (QED) is 0.169. The van der Waals surface area contributed by atoms with E-state index in [1.54, 1.807) is 37.3 Å². The van der Waals surface area contributed by atoms with E-state index in [0.29, 0.717) is 27.2 Å². The zero-order valence-electron chi connectivity index (χ0n) is 23.6. The lowest BCUT2D eigenvalue weighted by atomic mass is 10.0. The van der Waals surface area contributed by atoms with Crippen LogP contribution in [0.3, 0.4) is 0 Å². The van der Waals surface area contributed by atoms with E-state index in [1.807, 2.05) is 30.3 Å². The standard InChI is InChI=1S/C32H29Cl4N3O4S/c1-2-37-32(41)30(17-22-7-4-3-5-8-22)38(20-23-11-12-26(35)19-29(23)36)31(40)21-39(27-10-6-9-25(34)18-27)44(42,43)28-15-13-24(33)14-16-28/h3-16,18-19,30H,2,17,20-21H2,1H3,(H,37,41)/t30-/m0/s1. The number of benzene rings is 4. The fourth-order valence-corrected chi connectivity index (χ4v) is 6.76. The maximum absolute atomic E-state index is 14.4. The van der Waals surface area contributed by atoms with Gasteiger partial charge in [0, 0.05) is 39.6 Å². The second kappa shape index (κ2) is 15.1. The Labute approximate surface area is 277 Å². The first kappa shape index (κ1) is 33.6. The molecule has 4 aromatic rings. The molecule has 7 nitrogen and oxygen atoms in total. The summed E-state index contributed by atoms with van der Waals surface area (Å²) in [5.74, 6) is -1.04. The van der Waals surface area contributed by atoms with Gasteiger partial charge >= 0.3 is 0 Å². The smallest absolute Gasteiger partial charge is 0.264 e. The molecule has 0 saturated carbocycles. The minimum Gasteiger partial charge on any atom is -0.355 e. The highest BCUT2D eigenvalue weighted by Crippen LogP contribution is 2.29. The van der Waals surface area contributed by atoms with Crippen LogP contribution in [0.1, 0.15) is 18.1 Å². The monoisotopic (exact) mass is 691 g/mol. The van der Waals surface area contributed by atoms with Gasteiger partial charge in [-0.15, -0.1) is 0 Å². The number of carbonyl (C=O) groups is 2. The van der Waals surface area contributed by atoms with Gasteiger partial charge in [0.1, 0.15) is 12.6 Å². The van der Waals surface area contributed by atoms with Gasteiger partial charge in [-0.1, -0.05) is 88.9 Å². The van der Waals surface area contributed by atoms with Crippen molar-refractivity contribution in [1.82, 2.24) is 10.2 Å². The Hall–Kier alpha value is -3.27. The summed E-state index contributed by atoms with van der Waals surface area (Å²) >= 11 is 24.9. The molecule has 2 amide bonds. The summed E-state index contributed by atoms with van der Waals surface area (Å²) in [5, 5.41) is 4.15. The molecule has 4 rings (SSSR count). The third kappa shape index (κ3) is 8.46. The average Bonchev–Trinajstić information content (AvgIpc) is 2.99. The molecule has 4 aromatic carbocycles. The molecule has 230 valence electrons. The van der Waals surface area contributed by atoms with E-state index in [4.69, 9.17) is 46.4 Å². The fraction of sp³-hybridized carbons (Fsp3) is 0.188. The van der Waals surface area contributed by atoms with Crippen LogP contribution in [-0.4, -0.2) is 44.3 Å². The highest BCUT2D eigenvalue weighted by Gasteiger charge is 2.35. The number of rotatable bonds is 12. The normalized spacial score (nSPS) is 11.9. The molecule has 0 saturated heterocycles. The largest absolute Gasteiger partial charge is 0.355 e. The lowest BCUT2D eigenvalue weighted by Crippen LogP contribution is -2.53. The Morgan fingerprint density at radius 1 is 0.795 bits per heavy atom. The summed E-state index contributed by atoms with van der Waals surface area (Å²) in [6.07, 6.45) is 0.171. The fourth-order valence-electron chi connectivity index (χ4n) is 4.57. The predicted molar refractivity (Wildman–Crippen MR) is 177 cm³/mol. The van der Waals surface area contributed by atoms with Crippen molar-refractivity contribution in [2.75, 3.05) is 17.4 Å². The molecule has 0 radical (unpaired) electrons. The SMILES string of the molecule is CCNC(=O)[C@H](Cc1ccccc1)N(Cc1ccc(Cl)cc1Cl)C(=O)CN(c1cccc(Cl)c1)S(=O)(=O)c1ccc(Cl)cc1. The lowest BCUT2D eigenvalue weighted by Gasteiger charge is -2.34. The highest BCUT2D eigenvalue weighted by molar-refractivity contribution is 7.92. The zero-order valence-corrected chi connectivity index (χ0v) is 27.4. The summed E-state index contributed by atoms with van der Waals surface area (Å²) in [4.78, 5) is 29.2. The van der Waals surface area contributed by atoms with E-state index in [2.05, 4.69) is 5.32 Å². The van der Waals surface area contributed by atoms with Crippen LogP contribution in [0.15, 0.2) is 102 Å². The van der Waals surface area contributed by atoms with Gasteiger partial charge in [-0.2, -0.15) is 0 Å². The topological polar surface area (TPSA) is 86.8 Å². The average molecular weight is 693 g/mol. The second-order valence-electron chi connectivity index (χ2n) is 9.80.